The van der Waals surface area contributed by atoms with Crippen LogP contribution in [0, 0.1) is 0 Å². The van der Waals surface area contributed by atoms with Crippen LogP contribution in [0.15, 0.2) is 53.7 Å². The van der Waals surface area contributed by atoms with Gasteiger partial charge in [0.15, 0.2) is 5.96 Å². The van der Waals surface area contributed by atoms with Gasteiger partial charge in [-0.25, -0.2) is 0 Å². The van der Waals surface area contributed by atoms with Gasteiger partial charge >= 0.3 is 0 Å². The van der Waals surface area contributed by atoms with E-state index >= 15 is 0 Å². The maximum Gasteiger partial charge on any atom is 0.194 e. The van der Waals surface area contributed by atoms with Crippen LogP contribution in [0.2, 0.25) is 0 Å². The van der Waals surface area contributed by atoms with Gasteiger partial charge in [0.05, 0.1) is 31.9 Å². The Morgan fingerprint density at radius 1 is 1.25 bits per heavy atom. The average molecular weight is 500 g/mol. The van der Waals surface area contributed by atoms with Gasteiger partial charge in [0.1, 0.15) is 0 Å². The summed E-state index contributed by atoms with van der Waals surface area (Å²) in [5.41, 5.74) is 2.30. The molecule has 2 N–H and O–H groups in total. The van der Waals surface area contributed by atoms with Crippen LogP contribution < -0.4 is 5.32 Å². The lowest BCUT2D eigenvalue weighted by Gasteiger charge is -2.23. The first-order chi connectivity index (χ1) is 13.0. The number of aliphatic hydroxyl groups is 1. The van der Waals surface area contributed by atoms with Gasteiger partial charge in [0, 0.05) is 32.5 Å². The summed E-state index contributed by atoms with van der Waals surface area (Å²) in [6, 6.07) is 14.1. The van der Waals surface area contributed by atoms with Crippen molar-refractivity contribution < 1.29 is 9.84 Å². The van der Waals surface area contributed by atoms with Crippen LogP contribution in [-0.4, -0.2) is 53.4 Å². The van der Waals surface area contributed by atoms with Gasteiger partial charge in [0.25, 0.3) is 0 Å². The summed E-state index contributed by atoms with van der Waals surface area (Å²) >= 11 is 0. The molecule has 0 saturated carbocycles. The van der Waals surface area contributed by atoms with Crippen LogP contribution in [0.25, 0.3) is 0 Å². The highest BCUT2D eigenvalue weighted by Crippen LogP contribution is 2.16. The second kappa shape index (κ2) is 12.8. The average Bonchev–Trinajstić information content (AvgIpc) is 3.08. The molecule has 2 aromatic rings. The van der Waals surface area contributed by atoms with Crippen LogP contribution in [0.4, 0.5) is 0 Å². The lowest BCUT2D eigenvalue weighted by atomic mass is 10.1. The third kappa shape index (κ3) is 7.81. The summed E-state index contributed by atoms with van der Waals surface area (Å²) in [7, 11) is 4.02. The summed E-state index contributed by atoms with van der Waals surface area (Å²) in [5, 5.41) is 13.5. The van der Waals surface area contributed by atoms with Gasteiger partial charge in [-0.05, 0) is 31.5 Å². The monoisotopic (exact) mass is 500 g/mol. The number of nitrogens with one attached hydrogen (secondary N) is 1. The number of aryl methyl sites for hydroxylation is 1. The van der Waals surface area contributed by atoms with Gasteiger partial charge in [-0.15, -0.1) is 24.0 Å². The largest absolute Gasteiger partial charge is 0.389 e. The third-order valence-electron chi connectivity index (χ3n) is 4.41. The molecule has 0 aliphatic carbocycles. The van der Waals surface area contributed by atoms with Crippen molar-refractivity contribution in [2.24, 2.45) is 12.0 Å². The summed E-state index contributed by atoms with van der Waals surface area (Å²) in [5.74, 6) is 0.772. The Morgan fingerprint density at radius 2 is 1.96 bits per heavy atom. The normalized spacial score (nSPS) is 13.5. The van der Waals surface area contributed by atoms with Crippen molar-refractivity contribution in [2.45, 2.75) is 32.6 Å². The van der Waals surface area contributed by atoms with Crippen LogP contribution in [0.5, 0.6) is 0 Å². The minimum absolute atomic E-state index is 0. The van der Waals surface area contributed by atoms with E-state index in [-0.39, 0.29) is 36.7 Å². The molecule has 28 heavy (non-hydrogen) atoms. The molecule has 1 heterocycles. The zero-order valence-corrected chi connectivity index (χ0v) is 19.5. The van der Waals surface area contributed by atoms with E-state index in [1.807, 2.05) is 70.5 Å². The molecule has 0 spiro atoms. The topological polar surface area (TPSA) is 62.0 Å². The van der Waals surface area contributed by atoms with Crippen molar-refractivity contribution in [3.8, 4) is 0 Å². The molecule has 0 bridgehead atoms. The maximum atomic E-state index is 10.3. The number of rotatable bonds is 9. The Labute approximate surface area is 185 Å². The molecule has 2 rings (SSSR count). The number of aliphatic imine (C=N–C) groups is 1. The second-order valence-electron chi connectivity index (χ2n) is 6.70. The fraction of sp³-hybridized carbons (Fsp3) is 0.476. The minimum Gasteiger partial charge on any atom is -0.389 e. The van der Waals surface area contributed by atoms with Crippen molar-refractivity contribution in [3.63, 3.8) is 0 Å². The van der Waals surface area contributed by atoms with E-state index in [0.717, 1.165) is 24.6 Å². The number of aromatic nitrogens is 1. The first kappa shape index (κ1) is 24.5. The number of benzene rings is 1. The van der Waals surface area contributed by atoms with E-state index in [4.69, 9.17) is 4.74 Å². The van der Waals surface area contributed by atoms with Gasteiger partial charge in [-0.3, -0.25) is 4.99 Å². The molecule has 2 atom stereocenters. The van der Waals surface area contributed by atoms with Gasteiger partial charge in [-0.1, -0.05) is 30.3 Å². The molecule has 0 fully saturated rings. The van der Waals surface area contributed by atoms with Crippen LogP contribution in [-0.2, 0) is 18.3 Å². The summed E-state index contributed by atoms with van der Waals surface area (Å²) in [4.78, 5) is 6.62. The third-order valence-corrected chi connectivity index (χ3v) is 4.41. The molecule has 0 radical (unpaired) electrons. The molecule has 0 amide bonds. The number of guanidine groups is 1. The first-order valence-electron chi connectivity index (χ1n) is 9.45. The number of aliphatic hydroxyl groups excluding tert-OH is 1. The molecule has 156 valence electrons. The highest BCUT2D eigenvalue weighted by molar-refractivity contribution is 14.0. The molecule has 7 heteroatoms. The van der Waals surface area contributed by atoms with Crippen molar-refractivity contribution in [1.29, 1.82) is 0 Å². The lowest BCUT2D eigenvalue weighted by molar-refractivity contribution is 0.00106. The fourth-order valence-electron chi connectivity index (χ4n) is 2.77. The Bertz CT molecular complexity index is 705. The predicted molar refractivity (Wildman–Crippen MR) is 125 cm³/mol. The first-order valence-corrected chi connectivity index (χ1v) is 9.45. The quantitative estimate of drug-likeness (QED) is 0.316. The SMILES string of the molecule is CCNC(=NCC(O)COC(C)c1ccccc1)N(C)Cc1cccn1C.I. The zero-order valence-electron chi connectivity index (χ0n) is 17.2. The highest BCUT2D eigenvalue weighted by atomic mass is 127. The number of hydrogen-bond donors (Lipinski definition) is 2. The fourth-order valence-corrected chi connectivity index (χ4v) is 2.77. The minimum atomic E-state index is -0.645. The summed E-state index contributed by atoms with van der Waals surface area (Å²) < 4.78 is 7.88. The van der Waals surface area contributed by atoms with Crippen LogP contribution in [0.1, 0.15) is 31.2 Å². The van der Waals surface area contributed by atoms with Crippen molar-refractivity contribution in [1.82, 2.24) is 14.8 Å². The van der Waals surface area contributed by atoms with Gasteiger partial charge in [-0.2, -0.15) is 0 Å². The van der Waals surface area contributed by atoms with E-state index in [0.29, 0.717) is 6.54 Å². The Kier molecular flexibility index (Phi) is 11.2. The standard InChI is InChI=1S/C21H32N4O2.HI/c1-5-22-21(25(4)15-19-12-9-13-24(19)3)23-14-20(26)16-27-17(2)18-10-7-6-8-11-18;/h6-13,17,20,26H,5,14-16H2,1-4H3,(H,22,23);1H. The van der Waals surface area contributed by atoms with E-state index in [9.17, 15) is 5.11 Å². The van der Waals surface area contributed by atoms with E-state index in [2.05, 4.69) is 25.8 Å². The zero-order chi connectivity index (χ0) is 19.6. The number of ether oxygens (including phenoxy) is 1. The number of halogens is 1. The van der Waals surface area contributed by atoms with Crippen molar-refractivity contribution >= 4 is 29.9 Å². The molecule has 2 unspecified atom stereocenters. The van der Waals surface area contributed by atoms with Crippen LogP contribution >= 0.6 is 24.0 Å². The Balaban J connectivity index is 0.00000392. The summed E-state index contributed by atoms with van der Waals surface area (Å²) in [6.45, 7) is 6.08. The molecular weight excluding hydrogens is 467 g/mol. The van der Waals surface area contributed by atoms with E-state index in [1.54, 1.807) is 0 Å². The van der Waals surface area contributed by atoms with Gasteiger partial charge in [0.2, 0.25) is 0 Å². The second-order valence-corrected chi connectivity index (χ2v) is 6.70. The van der Waals surface area contributed by atoms with E-state index in [1.165, 1.54) is 5.69 Å². The van der Waals surface area contributed by atoms with Crippen molar-refractivity contribution in [2.75, 3.05) is 26.7 Å². The van der Waals surface area contributed by atoms with Crippen LogP contribution in [0.3, 0.4) is 0 Å². The summed E-state index contributed by atoms with van der Waals surface area (Å²) in [6.07, 6.45) is 1.33. The predicted octanol–water partition coefficient (Wildman–Crippen LogP) is 3.18. The molecular formula is C21H33IN4O2. The molecule has 6 nitrogen and oxygen atoms in total. The molecule has 1 aromatic carbocycles. The maximum absolute atomic E-state index is 10.3. The Hall–Kier alpha value is -1.58. The van der Waals surface area contributed by atoms with Crippen molar-refractivity contribution in [3.05, 3.63) is 59.9 Å². The molecule has 0 aliphatic rings. The molecule has 1 aromatic heterocycles. The van der Waals surface area contributed by atoms with E-state index < -0.39 is 6.10 Å². The Morgan fingerprint density at radius 3 is 2.57 bits per heavy atom. The lowest BCUT2D eigenvalue weighted by Crippen LogP contribution is -2.39. The van der Waals surface area contributed by atoms with Gasteiger partial charge < -0.3 is 24.6 Å². The molecule has 0 saturated heterocycles. The molecule has 0 aliphatic heterocycles. The number of nitrogens with zero attached hydrogens (tertiary/aromatic N) is 3. The smallest absolute Gasteiger partial charge is 0.194 e. The number of hydrogen-bond acceptors (Lipinski definition) is 3. The highest BCUT2D eigenvalue weighted by Gasteiger charge is 2.12.